The van der Waals surface area contributed by atoms with Crippen LogP contribution in [0.4, 0.5) is 0 Å². The number of amides is 3. The van der Waals surface area contributed by atoms with Crippen molar-refractivity contribution in [1.82, 2.24) is 16.2 Å². The Morgan fingerprint density at radius 2 is 1.70 bits per heavy atom. The zero-order valence-corrected chi connectivity index (χ0v) is 15.5. The van der Waals surface area contributed by atoms with E-state index in [1.54, 1.807) is 27.0 Å². The lowest BCUT2D eigenvalue weighted by Gasteiger charge is -2.09. The Labute approximate surface area is 157 Å². The molecule has 1 aromatic heterocycles. The molecule has 1 aromatic carbocycles. The molecule has 0 radical (unpaired) electrons. The second-order valence-corrected chi connectivity index (χ2v) is 6.12. The fraction of sp³-hybridized carbons (Fsp3) is 0.316. The molecule has 144 valence electrons. The normalized spacial score (nSPS) is 10.4. The van der Waals surface area contributed by atoms with Gasteiger partial charge in [-0.3, -0.25) is 25.2 Å². The minimum absolute atomic E-state index is 0.0989. The molecular formula is C19H23N3O5. The number of aryl methyl sites for hydroxylation is 1. The van der Waals surface area contributed by atoms with Crippen LogP contribution in [0.5, 0.6) is 5.75 Å². The number of furan rings is 1. The highest BCUT2D eigenvalue weighted by atomic mass is 16.5. The van der Waals surface area contributed by atoms with Crippen molar-refractivity contribution in [3.63, 3.8) is 0 Å². The van der Waals surface area contributed by atoms with Crippen LogP contribution in [-0.2, 0) is 20.8 Å². The van der Waals surface area contributed by atoms with Gasteiger partial charge in [0.1, 0.15) is 17.3 Å². The smallest absolute Gasteiger partial charge is 0.327 e. The van der Waals surface area contributed by atoms with Crippen LogP contribution in [0, 0.1) is 0 Å². The molecular weight excluding hydrogens is 350 g/mol. The predicted molar refractivity (Wildman–Crippen MR) is 98.6 cm³/mol. The van der Waals surface area contributed by atoms with Gasteiger partial charge in [0, 0.05) is 24.4 Å². The Morgan fingerprint density at radius 3 is 2.33 bits per heavy atom. The quantitative estimate of drug-likeness (QED) is 0.526. The standard InChI is InChI=1S/C19H23N3O5/c1-12(2)20-18(24)19(25)22-21-17(23)11-9-15-8-10-16(27-15)13-4-6-14(26-3)7-5-13/h4-8,10,12H,9,11H2,1-3H3,(H,20,24)(H,21,23)(H,22,25). The van der Waals surface area contributed by atoms with E-state index in [2.05, 4.69) is 16.2 Å². The minimum Gasteiger partial charge on any atom is -0.497 e. The van der Waals surface area contributed by atoms with Crippen LogP contribution in [0.1, 0.15) is 26.0 Å². The first kappa shape index (κ1) is 20.0. The van der Waals surface area contributed by atoms with Crippen molar-refractivity contribution >= 4 is 17.7 Å². The minimum atomic E-state index is -0.920. The van der Waals surface area contributed by atoms with Gasteiger partial charge in [0.05, 0.1) is 7.11 Å². The first-order chi connectivity index (χ1) is 12.9. The molecule has 0 spiro atoms. The summed E-state index contributed by atoms with van der Waals surface area (Å²) >= 11 is 0. The summed E-state index contributed by atoms with van der Waals surface area (Å²) in [7, 11) is 1.60. The molecule has 0 saturated heterocycles. The van der Waals surface area contributed by atoms with E-state index < -0.39 is 17.7 Å². The summed E-state index contributed by atoms with van der Waals surface area (Å²) in [5.74, 6) is -0.0710. The number of methoxy groups -OCH3 is 1. The van der Waals surface area contributed by atoms with Gasteiger partial charge in [0.2, 0.25) is 5.91 Å². The average molecular weight is 373 g/mol. The van der Waals surface area contributed by atoms with Gasteiger partial charge >= 0.3 is 11.8 Å². The van der Waals surface area contributed by atoms with Crippen molar-refractivity contribution in [3.8, 4) is 17.1 Å². The van der Waals surface area contributed by atoms with Crippen molar-refractivity contribution in [2.24, 2.45) is 0 Å². The van der Waals surface area contributed by atoms with Gasteiger partial charge in [-0.05, 0) is 50.2 Å². The molecule has 3 N–H and O–H groups in total. The number of carbonyl (C=O) groups is 3. The number of hydrazine groups is 1. The molecule has 0 atom stereocenters. The van der Waals surface area contributed by atoms with Crippen LogP contribution in [0.2, 0.25) is 0 Å². The second kappa shape index (κ2) is 9.42. The summed E-state index contributed by atoms with van der Waals surface area (Å²) < 4.78 is 10.8. The lowest BCUT2D eigenvalue weighted by Crippen LogP contribution is -2.49. The number of nitrogens with one attached hydrogen (secondary N) is 3. The largest absolute Gasteiger partial charge is 0.497 e. The van der Waals surface area contributed by atoms with Crippen LogP contribution < -0.4 is 20.9 Å². The van der Waals surface area contributed by atoms with E-state index in [9.17, 15) is 14.4 Å². The molecule has 8 nitrogen and oxygen atoms in total. The number of hydrogen-bond donors (Lipinski definition) is 3. The van der Waals surface area contributed by atoms with Crippen molar-refractivity contribution in [2.75, 3.05) is 7.11 Å². The summed E-state index contributed by atoms with van der Waals surface area (Å²) in [5, 5.41) is 2.42. The van der Waals surface area contributed by atoms with E-state index in [1.165, 1.54) is 0 Å². The lowest BCUT2D eigenvalue weighted by molar-refractivity contribution is -0.141. The molecule has 0 aliphatic rings. The van der Waals surface area contributed by atoms with Gasteiger partial charge in [-0.25, -0.2) is 0 Å². The SMILES string of the molecule is COc1ccc(-c2ccc(CCC(=O)NNC(=O)C(=O)NC(C)C)o2)cc1. The fourth-order valence-corrected chi connectivity index (χ4v) is 2.23. The van der Waals surface area contributed by atoms with E-state index in [0.717, 1.165) is 11.3 Å². The van der Waals surface area contributed by atoms with Gasteiger partial charge in [-0.2, -0.15) is 0 Å². The topological polar surface area (TPSA) is 110 Å². The second-order valence-electron chi connectivity index (χ2n) is 6.12. The molecule has 27 heavy (non-hydrogen) atoms. The summed E-state index contributed by atoms with van der Waals surface area (Å²) in [6.07, 6.45) is 0.456. The third-order valence-electron chi connectivity index (χ3n) is 3.58. The highest BCUT2D eigenvalue weighted by Gasteiger charge is 2.15. The van der Waals surface area contributed by atoms with E-state index in [4.69, 9.17) is 9.15 Å². The summed E-state index contributed by atoms with van der Waals surface area (Å²) in [5.41, 5.74) is 5.17. The van der Waals surface area contributed by atoms with Crippen molar-refractivity contribution < 1.29 is 23.5 Å². The zero-order chi connectivity index (χ0) is 19.8. The molecule has 0 aliphatic carbocycles. The monoisotopic (exact) mass is 373 g/mol. The molecule has 1 heterocycles. The first-order valence-electron chi connectivity index (χ1n) is 8.52. The van der Waals surface area contributed by atoms with E-state index in [0.29, 0.717) is 17.9 Å². The molecule has 2 aromatic rings. The van der Waals surface area contributed by atoms with Crippen LogP contribution in [0.15, 0.2) is 40.8 Å². The number of benzene rings is 1. The molecule has 0 fully saturated rings. The van der Waals surface area contributed by atoms with Crippen molar-refractivity contribution in [2.45, 2.75) is 32.7 Å². The van der Waals surface area contributed by atoms with Gasteiger partial charge in [-0.15, -0.1) is 0 Å². The highest BCUT2D eigenvalue weighted by Crippen LogP contribution is 2.24. The van der Waals surface area contributed by atoms with Gasteiger partial charge in [0.15, 0.2) is 0 Å². The maximum absolute atomic E-state index is 11.8. The Hall–Kier alpha value is -3.29. The fourth-order valence-electron chi connectivity index (χ4n) is 2.23. The van der Waals surface area contributed by atoms with Crippen LogP contribution in [0.3, 0.4) is 0 Å². The van der Waals surface area contributed by atoms with Crippen LogP contribution >= 0.6 is 0 Å². The third-order valence-corrected chi connectivity index (χ3v) is 3.58. The molecule has 8 heteroatoms. The van der Waals surface area contributed by atoms with Gasteiger partial charge in [-0.1, -0.05) is 0 Å². The van der Waals surface area contributed by atoms with Gasteiger partial charge < -0.3 is 14.5 Å². The summed E-state index contributed by atoms with van der Waals surface area (Å²) in [6.45, 7) is 3.46. The zero-order valence-electron chi connectivity index (χ0n) is 15.5. The van der Waals surface area contributed by atoms with Gasteiger partial charge in [0.25, 0.3) is 0 Å². The summed E-state index contributed by atoms with van der Waals surface area (Å²) in [4.78, 5) is 34.7. The Kier molecular flexibility index (Phi) is 6.99. The molecule has 2 rings (SSSR count). The number of hydrogen-bond acceptors (Lipinski definition) is 5. The lowest BCUT2D eigenvalue weighted by atomic mass is 10.2. The summed E-state index contributed by atoms with van der Waals surface area (Å²) in [6, 6.07) is 10.9. The molecule has 0 saturated carbocycles. The van der Waals surface area contributed by atoms with Crippen LogP contribution in [0.25, 0.3) is 11.3 Å². The Balaban J connectivity index is 1.79. The molecule has 0 unspecified atom stereocenters. The average Bonchev–Trinajstić information content (AvgIpc) is 3.13. The van der Waals surface area contributed by atoms with Crippen LogP contribution in [-0.4, -0.2) is 30.9 Å². The van der Waals surface area contributed by atoms with E-state index in [-0.39, 0.29) is 12.5 Å². The maximum atomic E-state index is 11.8. The maximum Gasteiger partial charge on any atom is 0.327 e. The van der Waals surface area contributed by atoms with E-state index in [1.807, 2.05) is 30.3 Å². The van der Waals surface area contributed by atoms with Crippen molar-refractivity contribution in [3.05, 3.63) is 42.2 Å². The predicted octanol–water partition coefficient (Wildman–Crippen LogP) is 1.56. The molecule has 0 bridgehead atoms. The molecule has 0 aliphatic heterocycles. The Morgan fingerprint density at radius 1 is 1.00 bits per heavy atom. The first-order valence-corrected chi connectivity index (χ1v) is 8.52. The van der Waals surface area contributed by atoms with E-state index >= 15 is 0 Å². The molecule has 3 amide bonds. The number of carbonyl (C=O) groups excluding carboxylic acids is 3. The third kappa shape index (κ3) is 6.18. The number of rotatable bonds is 6. The highest BCUT2D eigenvalue weighted by molar-refractivity contribution is 6.35. The van der Waals surface area contributed by atoms with Crippen molar-refractivity contribution in [1.29, 1.82) is 0 Å². The Bertz CT molecular complexity index is 796. The number of ether oxygens (including phenoxy) is 1.